The van der Waals surface area contributed by atoms with Crippen LogP contribution in [0.5, 0.6) is 0 Å². The van der Waals surface area contributed by atoms with Crippen molar-refractivity contribution in [1.82, 2.24) is 20.2 Å². The highest BCUT2D eigenvalue weighted by Gasteiger charge is 2.01. The van der Waals surface area contributed by atoms with E-state index in [0.29, 0.717) is 18.1 Å². The third-order valence-electron chi connectivity index (χ3n) is 2.79. The molecule has 0 aliphatic rings. The number of rotatable bonds is 5. The largest absolute Gasteiger partial charge is 0.340 e. The van der Waals surface area contributed by atoms with E-state index in [1.165, 1.54) is 0 Å². The van der Waals surface area contributed by atoms with Crippen molar-refractivity contribution in [2.75, 3.05) is 6.54 Å². The Morgan fingerprint density at radius 2 is 2.05 bits per heavy atom. The molecule has 0 aliphatic heterocycles. The van der Waals surface area contributed by atoms with Crippen molar-refractivity contribution in [3.05, 3.63) is 53.1 Å². The average molecular weight is 293 g/mol. The number of amides is 2. The number of urea groups is 1. The van der Waals surface area contributed by atoms with Gasteiger partial charge in [0.25, 0.3) is 0 Å². The van der Waals surface area contributed by atoms with Crippen LogP contribution in [-0.2, 0) is 20.0 Å². The zero-order valence-corrected chi connectivity index (χ0v) is 12.0. The number of carbonyl (C=O) groups is 1. The first-order valence-electron chi connectivity index (χ1n) is 6.36. The lowest BCUT2D eigenvalue weighted by Crippen LogP contribution is -2.36. The Morgan fingerprint density at radius 3 is 2.70 bits per heavy atom. The molecule has 0 saturated carbocycles. The van der Waals surface area contributed by atoms with Gasteiger partial charge in [-0.25, -0.2) is 9.78 Å². The summed E-state index contributed by atoms with van der Waals surface area (Å²) in [5, 5.41) is 6.28. The lowest BCUT2D eigenvalue weighted by atomic mass is 10.2. The molecule has 1 aromatic heterocycles. The van der Waals surface area contributed by atoms with Crippen LogP contribution in [-0.4, -0.2) is 22.1 Å². The molecule has 0 saturated heterocycles. The number of hydrogen-bond donors (Lipinski definition) is 2. The van der Waals surface area contributed by atoms with Crippen LogP contribution in [0.15, 0.2) is 36.8 Å². The Hall–Kier alpha value is -2.01. The van der Waals surface area contributed by atoms with E-state index in [2.05, 4.69) is 15.6 Å². The minimum absolute atomic E-state index is 0.184. The van der Waals surface area contributed by atoms with Gasteiger partial charge in [0.05, 0.1) is 12.0 Å². The fraction of sp³-hybridized carbons (Fsp3) is 0.286. The summed E-state index contributed by atoms with van der Waals surface area (Å²) in [5.41, 5.74) is 1.97. The first kappa shape index (κ1) is 14.4. The summed E-state index contributed by atoms with van der Waals surface area (Å²) in [7, 11) is 1.92. The van der Waals surface area contributed by atoms with Gasteiger partial charge in [-0.05, 0) is 17.7 Å². The Bertz CT molecular complexity index is 565. The van der Waals surface area contributed by atoms with E-state index in [1.807, 2.05) is 29.9 Å². The molecule has 2 rings (SSSR count). The third-order valence-corrected chi connectivity index (χ3v) is 3.04. The monoisotopic (exact) mass is 292 g/mol. The first-order chi connectivity index (χ1) is 9.63. The van der Waals surface area contributed by atoms with Gasteiger partial charge in [0.2, 0.25) is 0 Å². The Labute approximate surface area is 123 Å². The zero-order chi connectivity index (χ0) is 14.4. The van der Waals surface area contributed by atoms with Gasteiger partial charge in [0.15, 0.2) is 0 Å². The molecule has 1 heterocycles. The normalized spacial score (nSPS) is 10.3. The SMILES string of the molecule is Cn1cnc(CCNC(=O)NCc2ccc(Cl)cc2)c1. The van der Waals surface area contributed by atoms with Crippen LogP contribution in [0.4, 0.5) is 4.79 Å². The van der Waals surface area contributed by atoms with E-state index in [1.54, 1.807) is 18.5 Å². The summed E-state index contributed by atoms with van der Waals surface area (Å²) in [6.07, 6.45) is 4.40. The van der Waals surface area contributed by atoms with Crippen molar-refractivity contribution in [1.29, 1.82) is 0 Å². The molecule has 0 spiro atoms. The lowest BCUT2D eigenvalue weighted by molar-refractivity contribution is 0.240. The van der Waals surface area contributed by atoms with Crippen LogP contribution in [0.2, 0.25) is 5.02 Å². The van der Waals surface area contributed by atoms with Crippen LogP contribution < -0.4 is 10.6 Å². The summed E-state index contributed by atoms with van der Waals surface area (Å²) in [4.78, 5) is 15.8. The average Bonchev–Trinajstić information content (AvgIpc) is 2.84. The van der Waals surface area contributed by atoms with Crippen LogP contribution >= 0.6 is 11.6 Å². The van der Waals surface area contributed by atoms with Gasteiger partial charge in [0, 0.05) is 37.8 Å². The molecule has 5 nitrogen and oxygen atoms in total. The first-order valence-corrected chi connectivity index (χ1v) is 6.74. The highest BCUT2D eigenvalue weighted by atomic mass is 35.5. The van der Waals surface area contributed by atoms with Gasteiger partial charge in [-0.1, -0.05) is 23.7 Å². The summed E-state index contributed by atoms with van der Waals surface area (Å²) in [6, 6.07) is 7.19. The smallest absolute Gasteiger partial charge is 0.315 e. The molecule has 0 radical (unpaired) electrons. The maximum absolute atomic E-state index is 11.6. The quantitative estimate of drug-likeness (QED) is 0.887. The standard InChI is InChI=1S/C14H17ClN4O/c1-19-9-13(18-10-19)6-7-16-14(20)17-8-11-2-4-12(15)5-3-11/h2-5,9-10H,6-8H2,1H3,(H2,16,17,20). The van der Waals surface area contributed by atoms with E-state index in [4.69, 9.17) is 11.6 Å². The Morgan fingerprint density at radius 1 is 1.30 bits per heavy atom. The number of aromatic nitrogens is 2. The molecule has 6 heteroatoms. The molecule has 2 amide bonds. The van der Waals surface area contributed by atoms with Crippen LogP contribution in [0.25, 0.3) is 0 Å². The summed E-state index contributed by atoms with van der Waals surface area (Å²) in [5.74, 6) is 0. The molecule has 0 aliphatic carbocycles. The number of aryl methyl sites for hydroxylation is 1. The highest BCUT2D eigenvalue weighted by molar-refractivity contribution is 6.30. The number of imidazole rings is 1. The molecule has 20 heavy (non-hydrogen) atoms. The second-order valence-corrected chi connectivity index (χ2v) is 4.95. The molecule has 1 aromatic carbocycles. The summed E-state index contributed by atoms with van der Waals surface area (Å²) >= 11 is 5.80. The second-order valence-electron chi connectivity index (χ2n) is 4.52. The molecule has 2 N–H and O–H groups in total. The number of carbonyl (C=O) groups excluding carboxylic acids is 1. The number of hydrogen-bond acceptors (Lipinski definition) is 2. The predicted octanol–water partition coefficient (Wildman–Crippen LogP) is 2.12. The van der Waals surface area contributed by atoms with Crippen molar-refractivity contribution in [2.24, 2.45) is 7.05 Å². The minimum Gasteiger partial charge on any atom is -0.340 e. The van der Waals surface area contributed by atoms with Crippen molar-refractivity contribution < 1.29 is 4.79 Å². The Balaban J connectivity index is 1.66. The van der Waals surface area contributed by atoms with Crippen molar-refractivity contribution in [3.63, 3.8) is 0 Å². The zero-order valence-electron chi connectivity index (χ0n) is 11.3. The topological polar surface area (TPSA) is 59.0 Å². The number of nitrogens with zero attached hydrogens (tertiary/aromatic N) is 2. The van der Waals surface area contributed by atoms with Crippen molar-refractivity contribution in [2.45, 2.75) is 13.0 Å². The van der Waals surface area contributed by atoms with Crippen LogP contribution in [0.3, 0.4) is 0 Å². The van der Waals surface area contributed by atoms with E-state index < -0.39 is 0 Å². The molecular formula is C14H17ClN4O. The molecular weight excluding hydrogens is 276 g/mol. The molecule has 0 unspecified atom stereocenters. The van der Waals surface area contributed by atoms with Gasteiger partial charge in [-0.3, -0.25) is 0 Å². The van der Waals surface area contributed by atoms with Gasteiger partial charge >= 0.3 is 6.03 Å². The number of nitrogens with one attached hydrogen (secondary N) is 2. The lowest BCUT2D eigenvalue weighted by Gasteiger charge is -2.07. The van der Waals surface area contributed by atoms with Crippen molar-refractivity contribution in [3.8, 4) is 0 Å². The molecule has 2 aromatic rings. The van der Waals surface area contributed by atoms with E-state index in [9.17, 15) is 4.79 Å². The highest BCUT2D eigenvalue weighted by Crippen LogP contribution is 2.08. The van der Waals surface area contributed by atoms with E-state index in [0.717, 1.165) is 17.7 Å². The molecule has 106 valence electrons. The Kier molecular flexibility index (Phi) is 5.01. The fourth-order valence-electron chi connectivity index (χ4n) is 1.75. The summed E-state index contributed by atoms with van der Waals surface area (Å²) in [6.45, 7) is 1.04. The van der Waals surface area contributed by atoms with Crippen molar-refractivity contribution >= 4 is 17.6 Å². The predicted molar refractivity (Wildman–Crippen MR) is 78.6 cm³/mol. The maximum atomic E-state index is 11.6. The molecule has 0 atom stereocenters. The molecule has 0 bridgehead atoms. The van der Waals surface area contributed by atoms with Gasteiger partial charge in [-0.15, -0.1) is 0 Å². The maximum Gasteiger partial charge on any atom is 0.315 e. The number of halogens is 1. The van der Waals surface area contributed by atoms with Gasteiger partial charge in [0.1, 0.15) is 0 Å². The second kappa shape index (κ2) is 6.96. The van der Waals surface area contributed by atoms with Crippen LogP contribution in [0, 0.1) is 0 Å². The number of benzene rings is 1. The van der Waals surface area contributed by atoms with E-state index >= 15 is 0 Å². The van der Waals surface area contributed by atoms with E-state index in [-0.39, 0.29) is 6.03 Å². The fourth-order valence-corrected chi connectivity index (χ4v) is 1.87. The minimum atomic E-state index is -0.184. The summed E-state index contributed by atoms with van der Waals surface area (Å²) < 4.78 is 1.88. The van der Waals surface area contributed by atoms with Crippen LogP contribution in [0.1, 0.15) is 11.3 Å². The van der Waals surface area contributed by atoms with Gasteiger partial charge < -0.3 is 15.2 Å². The van der Waals surface area contributed by atoms with Gasteiger partial charge in [-0.2, -0.15) is 0 Å². The molecule has 0 fully saturated rings. The third kappa shape index (κ3) is 4.59.